The Balaban J connectivity index is 2.35. The fourth-order valence-corrected chi connectivity index (χ4v) is 4.80. The van der Waals surface area contributed by atoms with Gasteiger partial charge in [0, 0.05) is 13.6 Å². The number of rotatable bonds is 7. The topological polar surface area (TPSA) is 81.5 Å². The van der Waals surface area contributed by atoms with Gasteiger partial charge < -0.3 is 9.64 Å². The van der Waals surface area contributed by atoms with Gasteiger partial charge in [0.15, 0.2) is 0 Å². The lowest BCUT2D eigenvalue weighted by atomic mass is 10.2. The number of amides is 1. The van der Waals surface area contributed by atoms with Crippen molar-refractivity contribution in [2.24, 2.45) is 0 Å². The first-order chi connectivity index (χ1) is 13.9. The molecule has 0 unspecified atom stereocenters. The first-order valence-corrected chi connectivity index (χ1v) is 11.4. The van der Waals surface area contributed by atoms with Gasteiger partial charge in [-0.2, -0.15) is 5.10 Å². The third kappa shape index (κ3) is 5.38. The lowest BCUT2D eigenvalue weighted by Crippen LogP contribution is -2.36. The number of hydrogen-bond acceptors (Lipinski definition) is 5. The van der Waals surface area contributed by atoms with E-state index < -0.39 is 27.3 Å². The van der Waals surface area contributed by atoms with E-state index in [1.165, 1.54) is 17.0 Å². The Bertz CT molecular complexity index is 992. The molecule has 2 aromatic rings. The van der Waals surface area contributed by atoms with Crippen LogP contribution in [-0.2, 0) is 34.0 Å². The Kier molecular flexibility index (Phi) is 7.28. The lowest BCUT2D eigenvalue weighted by Gasteiger charge is -2.24. The zero-order valence-corrected chi connectivity index (χ0v) is 19.2. The zero-order chi connectivity index (χ0) is 22.7. The molecule has 9 heteroatoms. The number of halogens is 1. The molecule has 0 aliphatic heterocycles. The second-order valence-electron chi connectivity index (χ2n) is 8.01. The van der Waals surface area contributed by atoms with Gasteiger partial charge in [0.25, 0.3) is 0 Å². The maximum atomic E-state index is 13.3. The molecule has 0 fully saturated rings. The predicted molar refractivity (Wildman–Crippen MR) is 112 cm³/mol. The molecule has 1 heterocycles. The average Bonchev–Trinajstić information content (AvgIpc) is 3.03. The van der Waals surface area contributed by atoms with Crippen LogP contribution in [0.4, 0.5) is 9.18 Å². The van der Waals surface area contributed by atoms with E-state index in [2.05, 4.69) is 5.10 Å². The van der Waals surface area contributed by atoms with Crippen molar-refractivity contribution in [3.63, 3.8) is 0 Å². The van der Waals surface area contributed by atoms with Crippen LogP contribution >= 0.6 is 0 Å². The summed E-state index contributed by atoms with van der Waals surface area (Å²) in [7, 11) is -2.23. The minimum atomic E-state index is -3.85. The second kappa shape index (κ2) is 9.16. The lowest BCUT2D eigenvalue weighted by molar-refractivity contribution is 0.0291. The van der Waals surface area contributed by atoms with Crippen LogP contribution in [0.25, 0.3) is 0 Å². The summed E-state index contributed by atoms with van der Waals surface area (Å²) in [5.74, 6) is -0.499. The van der Waals surface area contributed by atoms with Gasteiger partial charge in [-0.3, -0.25) is 4.68 Å². The van der Waals surface area contributed by atoms with E-state index in [1.807, 2.05) is 13.8 Å². The third-order valence-electron chi connectivity index (χ3n) is 4.49. The summed E-state index contributed by atoms with van der Waals surface area (Å²) in [6.07, 6.45) is 0.416. The van der Waals surface area contributed by atoms with E-state index in [9.17, 15) is 17.6 Å². The summed E-state index contributed by atoms with van der Waals surface area (Å²) in [6, 6.07) is 4.78. The number of hydrogen-bond donors (Lipinski definition) is 0. The molecule has 0 spiro atoms. The highest BCUT2D eigenvalue weighted by atomic mass is 32.2. The molecule has 0 saturated heterocycles. The smallest absolute Gasteiger partial charge is 0.410 e. The van der Waals surface area contributed by atoms with E-state index in [1.54, 1.807) is 32.5 Å². The van der Waals surface area contributed by atoms with Crippen LogP contribution in [-0.4, -0.2) is 48.4 Å². The molecule has 2 rings (SSSR count). The predicted octanol–water partition coefficient (Wildman–Crippen LogP) is 3.85. The molecule has 1 amide bonds. The molecule has 0 saturated carbocycles. The molecule has 0 atom stereocenters. The van der Waals surface area contributed by atoms with Gasteiger partial charge in [0.2, 0.25) is 9.84 Å². The number of likely N-dealkylation sites (N-methyl/N-ethyl adjacent to an activating group) is 1. The van der Waals surface area contributed by atoms with E-state index in [0.29, 0.717) is 37.3 Å². The first kappa shape index (κ1) is 23.9. The SMILES string of the molecule is CCc1nn(CCN(C)C(=O)OC(C)(C)C)c(CC)c1S(=O)(=O)c1ccc(F)cc1. The van der Waals surface area contributed by atoms with Crippen LogP contribution in [0.2, 0.25) is 0 Å². The highest BCUT2D eigenvalue weighted by Crippen LogP contribution is 2.28. The Labute approximate surface area is 177 Å². The monoisotopic (exact) mass is 439 g/mol. The summed E-state index contributed by atoms with van der Waals surface area (Å²) in [5.41, 5.74) is 0.419. The molecule has 1 aromatic carbocycles. The molecule has 1 aromatic heterocycles. The highest BCUT2D eigenvalue weighted by molar-refractivity contribution is 7.91. The molecule has 0 aliphatic carbocycles. The van der Waals surface area contributed by atoms with Crippen molar-refractivity contribution in [3.8, 4) is 0 Å². The van der Waals surface area contributed by atoms with Crippen molar-refractivity contribution in [1.29, 1.82) is 0 Å². The van der Waals surface area contributed by atoms with Crippen LogP contribution in [0.1, 0.15) is 46.0 Å². The summed E-state index contributed by atoms with van der Waals surface area (Å²) < 4.78 is 46.8. The maximum Gasteiger partial charge on any atom is 0.410 e. The van der Waals surface area contributed by atoms with Crippen LogP contribution in [0.15, 0.2) is 34.1 Å². The Morgan fingerprint density at radius 2 is 1.77 bits per heavy atom. The third-order valence-corrected chi connectivity index (χ3v) is 6.39. The summed E-state index contributed by atoms with van der Waals surface area (Å²) in [6.45, 7) is 9.70. The van der Waals surface area contributed by atoms with E-state index in [4.69, 9.17) is 4.74 Å². The van der Waals surface area contributed by atoms with Crippen molar-refractivity contribution in [2.45, 2.75) is 69.4 Å². The Morgan fingerprint density at radius 1 is 1.17 bits per heavy atom. The van der Waals surface area contributed by atoms with E-state index in [-0.39, 0.29) is 9.79 Å². The molecular formula is C21H30FN3O4S. The molecule has 0 aliphatic rings. The van der Waals surface area contributed by atoms with Crippen molar-refractivity contribution in [1.82, 2.24) is 14.7 Å². The van der Waals surface area contributed by atoms with E-state index >= 15 is 0 Å². The number of carbonyl (C=O) groups excluding carboxylic acids is 1. The number of benzene rings is 1. The van der Waals surface area contributed by atoms with Gasteiger partial charge in [0.05, 0.1) is 22.8 Å². The fourth-order valence-electron chi connectivity index (χ4n) is 3.01. The quantitative estimate of drug-likeness (QED) is 0.612. The van der Waals surface area contributed by atoms with Crippen molar-refractivity contribution < 1.29 is 22.3 Å². The highest BCUT2D eigenvalue weighted by Gasteiger charge is 2.29. The summed E-state index contributed by atoms with van der Waals surface area (Å²) >= 11 is 0. The Morgan fingerprint density at radius 3 is 2.27 bits per heavy atom. The molecule has 0 radical (unpaired) electrons. The van der Waals surface area contributed by atoms with Gasteiger partial charge >= 0.3 is 6.09 Å². The van der Waals surface area contributed by atoms with Gasteiger partial charge in [-0.05, 0) is 57.9 Å². The number of nitrogens with zero attached hydrogens (tertiary/aromatic N) is 3. The molecule has 166 valence electrons. The molecule has 0 bridgehead atoms. The minimum Gasteiger partial charge on any atom is -0.444 e. The standard InChI is InChI=1S/C21H30FN3O4S/c1-7-17-19(30(27,28)16-11-9-15(22)10-12-16)18(8-2)25(23-17)14-13-24(6)20(26)29-21(3,4)5/h9-12H,7-8,13-14H2,1-6H3. The number of aromatic nitrogens is 2. The average molecular weight is 440 g/mol. The van der Waals surface area contributed by atoms with Crippen LogP contribution in [0.3, 0.4) is 0 Å². The first-order valence-electron chi connectivity index (χ1n) is 9.94. The molecule has 0 N–H and O–H groups in total. The zero-order valence-electron chi connectivity index (χ0n) is 18.4. The van der Waals surface area contributed by atoms with Gasteiger partial charge in [-0.15, -0.1) is 0 Å². The number of aryl methyl sites for hydroxylation is 1. The van der Waals surface area contributed by atoms with Gasteiger partial charge in [-0.25, -0.2) is 17.6 Å². The van der Waals surface area contributed by atoms with Crippen LogP contribution in [0.5, 0.6) is 0 Å². The number of carbonyl (C=O) groups is 1. The Hall–Kier alpha value is -2.42. The van der Waals surface area contributed by atoms with Crippen LogP contribution < -0.4 is 0 Å². The molecular weight excluding hydrogens is 409 g/mol. The van der Waals surface area contributed by atoms with Crippen molar-refractivity contribution in [2.75, 3.05) is 13.6 Å². The van der Waals surface area contributed by atoms with Crippen molar-refractivity contribution in [3.05, 3.63) is 41.5 Å². The summed E-state index contributed by atoms with van der Waals surface area (Å²) in [4.78, 5) is 13.8. The van der Waals surface area contributed by atoms with Crippen molar-refractivity contribution >= 4 is 15.9 Å². The minimum absolute atomic E-state index is 0.0266. The number of ether oxygens (including phenoxy) is 1. The molecule has 30 heavy (non-hydrogen) atoms. The van der Waals surface area contributed by atoms with Crippen LogP contribution in [0, 0.1) is 5.82 Å². The number of sulfone groups is 1. The normalized spacial score (nSPS) is 12.1. The molecule has 7 nitrogen and oxygen atoms in total. The largest absolute Gasteiger partial charge is 0.444 e. The maximum absolute atomic E-state index is 13.3. The summed E-state index contributed by atoms with van der Waals surface area (Å²) in [5, 5.41) is 4.50. The van der Waals surface area contributed by atoms with Gasteiger partial charge in [-0.1, -0.05) is 13.8 Å². The second-order valence-corrected chi connectivity index (χ2v) is 9.90. The van der Waals surface area contributed by atoms with E-state index in [0.717, 1.165) is 12.1 Å². The van der Waals surface area contributed by atoms with Gasteiger partial charge in [0.1, 0.15) is 16.3 Å². The fraction of sp³-hybridized carbons (Fsp3) is 0.524.